The van der Waals surface area contributed by atoms with Crippen LogP contribution in [-0.2, 0) is 20.9 Å². The molecule has 1 aliphatic rings. The molecule has 2 aromatic rings. The number of aliphatic hydroxyl groups excluding tert-OH is 2. The van der Waals surface area contributed by atoms with Gasteiger partial charge in [0.15, 0.2) is 5.96 Å². The van der Waals surface area contributed by atoms with Gasteiger partial charge in [-0.2, -0.15) is 0 Å². The van der Waals surface area contributed by atoms with Crippen molar-refractivity contribution >= 4 is 46.8 Å². The first-order valence-electron chi connectivity index (χ1n) is 11.2. The SMILES string of the molecule is CNCc1ccc2c(c1)N(C(=O)OC(O)CO)[C@H](CN=C(N)N)[C@H]2NC(=O)C(=O)Nc1ccc(Cl)c(F)c1. The Morgan fingerprint density at radius 3 is 2.58 bits per heavy atom. The van der Waals surface area contributed by atoms with Gasteiger partial charge in [0.25, 0.3) is 0 Å². The number of aliphatic hydroxyl groups is 2. The predicted molar refractivity (Wildman–Crippen MR) is 137 cm³/mol. The Labute approximate surface area is 221 Å². The number of halogens is 2. The summed E-state index contributed by atoms with van der Waals surface area (Å²) >= 11 is 5.65. The van der Waals surface area contributed by atoms with Crippen LogP contribution in [0.2, 0.25) is 5.02 Å². The van der Waals surface area contributed by atoms with E-state index < -0.39 is 48.7 Å². The van der Waals surface area contributed by atoms with Crippen LogP contribution in [0.25, 0.3) is 0 Å². The van der Waals surface area contributed by atoms with E-state index in [2.05, 4.69) is 20.9 Å². The molecule has 204 valence electrons. The van der Waals surface area contributed by atoms with Crippen LogP contribution in [-0.4, -0.2) is 66.6 Å². The van der Waals surface area contributed by atoms with Crippen molar-refractivity contribution in [1.82, 2.24) is 10.6 Å². The van der Waals surface area contributed by atoms with Gasteiger partial charge in [-0.15, -0.1) is 0 Å². The van der Waals surface area contributed by atoms with Crippen LogP contribution in [0.15, 0.2) is 41.4 Å². The van der Waals surface area contributed by atoms with Crippen LogP contribution >= 0.6 is 11.6 Å². The van der Waals surface area contributed by atoms with Gasteiger partial charge < -0.3 is 42.4 Å². The summed E-state index contributed by atoms with van der Waals surface area (Å²) in [5.41, 5.74) is 12.5. The van der Waals surface area contributed by atoms with Gasteiger partial charge >= 0.3 is 17.9 Å². The first-order chi connectivity index (χ1) is 18.0. The van der Waals surface area contributed by atoms with E-state index in [1.165, 1.54) is 12.1 Å². The third-order valence-corrected chi connectivity index (χ3v) is 5.81. The zero-order valence-corrected chi connectivity index (χ0v) is 20.9. The van der Waals surface area contributed by atoms with Crippen LogP contribution in [0.5, 0.6) is 0 Å². The molecule has 0 aliphatic carbocycles. The van der Waals surface area contributed by atoms with Gasteiger partial charge in [-0.25, -0.2) is 9.18 Å². The minimum atomic E-state index is -1.81. The number of nitrogens with zero attached hydrogens (tertiary/aromatic N) is 2. The number of nitrogens with two attached hydrogens (primary N) is 2. The number of carbonyl (C=O) groups is 3. The van der Waals surface area contributed by atoms with Crippen molar-refractivity contribution in [2.24, 2.45) is 16.5 Å². The molecule has 13 nitrogen and oxygen atoms in total. The number of rotatable bonds is 8. The topological polar surface area (TPSA) is 205 Å². The van der Waals surface area contributed by atoms with Gasteiger partial charge in [0, 0.05) is 17.8 Å². The van der Waals surface area contributed by atoms with Gasteiger partial charge in [-0.1, -0.05) is 23.7 Å². The molecule has 3 atom stereocenters. The number of hydrogen-bond acceptors (Lipinski definition) is 8. The fourth-order valence-corrected chi connectivity index (χ4v) is 4.00. The molecule has 38 heavy (non-hydrogen) atoms. The number of ether oxygens (including phenoxy) is 1. The summed E-state index contributed by atoms with van der Waals surface area (Å²) in [5, 5.41) is 26.5. The highest BCUT2D eigenvalue weighted by molar-refractivity contribution is 6.39. The lowest BCUT2D eigenvalue weighted by Gasteiger charge is -2.28. The Hall–Kier alpha value is -3.98. The number of nitrogens with one attached hydrogen (secondary N) is 3. The van der Waals surface area contributed by atoms with Gasteiger partial charge in [0.2, 0.25) is 6.29 Å². The average molecular weight is 552 g/mol. The lowest BCUT2D eigenvalue weighted by atomic mass is 10.0. The molecule has 1 aliphatic heterocycles. The van der Waals surface area contributed by atoms with Crippen LogP contribution in [0.1, 0.15) is 17.2 Å². The summed E-state index contributed by atoms with van der Waals surface area (Å²) in [6.07, 6.45) is -2.86. The number of anilines is 2. The van der Waals surface area contributed by atoms with E-state index in [9.17, 15) is 23.9 Å². The molecule has 9 N–H and O–H groups in total. The minimum absolute atomic E-state index is 0.00386. The molecule has 0 spiro atoms. The van der Waals surface area contributed by atoms with E-state index in [0.29, 0.717) is 17.8 Å². The molecule has 0 fully saturated rings. The van der Waals surface area contributed by atoms with E-state index in [-0.39, 0.29) is 23.2 Å². The number of carbonyl (C=O) groups excluding carboxylic acids is 3. The van der Waals surface area contributed by atoms with E-state index in [0.717, 1.165) is 16.5 Å². The van der Waals surface area contributed by atoms with Crippen molar-refractivity contribution in [3.05, 3.63) is 58.4 Å². The molecule has 1 heterocycles. The summed E-state index contributed by atoms with van der Waals surface area (Å²) in [5.74, 6) is -3.30. The highest BCUT2D eigenvalue weighted by Crippen LogP contribution is 2.41. The molecule has 1 unspecified atom stereocenters. The third kappa shape index (κ3) is 6.66. The number of guanidine groups is 1. The molecule has 2 aromatic carbocycles. The predicted octanol–water partition coefficient (Wildman–Crippen LogP) is -0.0962. The van der Waals surface area contributed by atoms with Crippen molar-refractivity contribution < 1.29 is 33.7 Å². The molecule has 15 heteroatoms. The van der Waals surface area contributed by atoms with E-state index in [1.807, 2.05) is 0 Å². The van der Waals surface area contributed by atoms with Gasteiger partial charge in [0.1, 0.15) is 12.4 Å². The van der Waals surface area contributed by atoms with Crippen LogP contribution in [0.4, 0.5) is 20.6 Å². The van der Waals surface area contributed by atoms with Crippen molar-refractivity contribution in [3.63, 3.8) is 0 Å². The third-order valence-electron chi connectivity index (χ3n) is 5.51. The monoisotopic (exact) mass is 551 g/mol. The van der Waals surface area contributed by atoms with Crippen LogP contribution in [0.3, 0.4) is 0 Å². The maximum absolute atomic E-state index is 13.7. The Morgan fingerprint density at radius 2 is 1.95 bits per heavy atom. The molecule has 0 radical (unpaired) electrons. The Morgan fingerprint density at radius 1 is 1.21 bits per heavy atom. The zero-order valence-electron chi connectivity index (χ0n) is 20.1. The summed E-state index contributed by atoms with van der Waals surface area (Å²) in [4.78, 5) is 43.6. The van der Waals surface area contributed by atoms with Crippen molar-refractivity contribution in [2.45, 2.75) is 24.9 Å². The van der Waals surface area contributed by atoms with Gasteiger partial charge in [-0.3, -0.25) is 19.5 Å². The molecule has 0 aromatic heterocycles. The van der Waals surface area contributed by atoms with Gasteiger partial charge in [0.05, 0.1) is 29.3 Å². The Kier molecular flexibility index (Phi) is 9.41. The molecule has 3 rings (SSSR count). The van der Waals surface area contributed by atoms with E-state index in [4.69, 9.17) is 32.9 Å². The zero-order chi connectivity index (χ0) is 28.0. The fraction of sp³-hybridized carbons (Fsp3) is 0.304. The van der Waals surface area contributed by atoms with Crippen LogP contribution < -0.4 is 32.3 Å². The van der Waals surface area contributed by atoms with Crippen LogP contribution in [0, 0.1) is 5.82 Å². The lowest BCUT2D eigenvalue weighted by molar-refractivity contribution is -0.136. The molecule has 0 saturated carbocycles. The maximum atomic E-state index is 13.7. The smallest absolute Gasteiger partial charge is 0.417 e. The van der Waals surface area contributed by atoms with E-state index in [1.54, 1.807) is 25.2 Å². The first-order valence-corrected chi connectivity index (χ1v) is 11.6. The number of hydrogen-bond donors (Lipinski definition) is 7. The van der Waals surface area contributed by atoms with Crippen molar-refractivity contribution in [2.75, 3.05) is 30.4 Å². The number of aliphatic imine (C=N–C) groups is 1. The second-order valence-electron chi connectivity index (χ2n) is 8.18. The fourth-order valence-electron chi connectivity index (χ4n) is 3.88. The second kappa shape index (κ2) is 12.5. The lowest BCUT2D eigenvalue weighted by Crippen LogP contribution is -2.49. The second-order valence-corrected chi connectivity index (χ2v) is 8.59. The largest absolute Gasteiger partial charge is 0.417 e. The van der Waals surface area contributed by atoms with Gasteiger partial charge in [-0.05, 0) is 36.9 Å². The van der Waals surface area contributed by atoms with E-state index >= 15 is 0 Å². The first kappa shape index (κ1) is 28.6. The molecular weight excluding hydrogens is 525 g/mol. The summed E-state index contributed by atoms with van der Waals surface area (Å²) in [6.45, 7) is -0.640. The molecule has 3 amide bonds. The maximum Gasteiger partial charge on any atom is 0.417 e. The summed E-state index contributed by atoms with van der Waals surface area (Å²) < 4.78 is 18.6. The quantitative estimate of drug-likeness (QED) is 0.101. The number of amides is 3. The number of benzene rings is 2. The standard InChI is InChI=1S/C23H27ClFN7O6/c1-28-8-11-2-4-13-16(6-11)32(23(37)38-18(34)10-33)17(9-29-22(26)27)19(13)31-21(36)20(35)30-12-3-5-14(24)15(25)7-12/h2-7,17-19,28,33-34H,8-10H2,1H3,(H,30,35)(H,31,36)(H4,26,27,29)/t17-,18?,19+/m1/s1. The summed E-state index contributed by atoms with van der Waals surface area (Å²) in [6, 6.07) is 6.54. The highest BCUT2D eigenvalue weighted by atomic mass is 35.5. The Bertz CT molecular complexity index is 1240. The normalized spacial score (nSPS) is 16.8. The average Bonchev–Trinajstić information content (AvgIpc) is 3.17. The van der Waals surface area contributed by atoms with Crippen molar-refractivity contribution in [3.8, 4) is 0 Å². The number of fused-ring (bicyclic) bond motifs is 1. The minimum Gasteiger partial charge on any atom is -0.417 e. The molecule has 0 saturated heterocycles. The highest BCUT2D eigenvalue weighted by Gasteiger charge is 2.44. The van der Waals surface area contributed by atoms with Crippen molar-refractivity contribution in [1.29, 1.82) is 0 Å². The molecular formula is C23H27ClFN7O6. The Balaban J connectivity index is 1.96. The summed E-state index contributed by atoms with van der Waals surface area (Å²) in [7, 11) is 1.73. The molecule has 0 bridgehead atoms.